The van der Waals surface area contributed by atoms with Crippen molar-refractivity contribution in [3.05, 3.63) is 34.9 Å². The monoisotopic (exact) mass is 283 g/mol. The summed E-state index contributed by atoms with van der Waals surface area (Å²) in [7, 11) is 0. The van der Waals surface area contributed by atoms with Crippen LogP contribution < -0.4 is 5.32 Å². The minimum atomic E-state index is -0.952. The number of carbonyl (C=O) groups is 2. The quantitative estimate of drug-likeness (QED) is 0.882. The van der Waals surface area contributed by atoms with Gasteiger partial charge in [-0.05, 0) is 37.1 Å². The number of ether oxygens (including phenoxy) is 1. The molecule has 5 nitrogen and oxygen atoms in total. The van der Waals surface area contributed by atoms with Gasteiger partial charge in [0.15, 0.2) is 6.10 Å². The van der Waals surface area contributed by atoms with E-state index in [-0.39, 0.29) is 12.0 Å². The van der Waals surface area contributed by atoms with E-state index >= 15 is 0 Å². The molecule has 1 aliphatic rings. The first-order valence-electron chi connectivity index (χ1n) is 5.98. The molecular weight excluding hydrogens is 270 g/mol. The molecular formula is C13H14ClNO4. The van der Waals surface area contributed by atoms with Crippen LogP contribution in [0.3, 0.4) is 0 Å². The molecule has 2 N–H and O–H groups in total. The van der Waals surface area contributed by atoms with Crippen molar-refractivity contribution < 1.29 is 19.4 Å². The first-order chi connectivity index (χ1) is 9.06. The normalized spacial score (nSPS) is 22.2. The van der Waals surface area contributed by atoms with Gasteiger partial charge in [0.1, 0.15) is 0 Å². The van der Waals surface area contributed by atoms with Crippen LogP contribution in [0.2, 0.25) is 5.02 Å². The standard InChI is InChI=1S/C13H14ClNO4/c14-9-3-1-8(2-4-9)12(16)15-7-10-5-6-11(19-10)13(17)18/h1-4,10-11H,5-7H2,(H,15,16)(H,17,18). The second kappa shape index (κ2) is 6.04. The average molecular weight is 284 g/mol. The molecule has 2 atom stereocenters. The van der Waals surface area contributed by atoms with Crippen molar-refractivity contribution in [2.24, 2.45) is 0 Å². The van der Waals surface area contributed by atoms with Crippen molar-refractivity contribution in [2.75, 3.05) is 6.54 Å². The molecule has 0 bridgehead atoms. The van der Waals surface area contributed by atoms with Crippen molar-refractivity contribution in [3.63, 3.8) is 0 Å². The molecule has 1 aromatic rings. The van der Waals surface area contributed by atoms with Gasteiger partial charge in [-0.3, -0.25) is 4.79 Å². The fourth-order valence-electron chi connectivity index (χ4n) is 1.95. The second-order valence-corrected chi connectivity index (χ2v) is 4.82. The van der Waals surface area contributed by atoms with E-state index in [1.165, 1.54) is 0 Å². The SMILES string of the molecule is O=C(NCC1CCC(C(=O)O)O1)c1ccc(Cl)cc1. The summed E-state index contributed by atoms with van der Waals surface area (Å²) in [6.07, 6.45) is 0.129. The van der Waals surface area contributed by atoms with Crippen LogP contribution in [0.25, 0.3) is 0 Å². The molecule has 0 spiro atoms. The highest BCUT2D eigenvalue weighted by Crippen LogP contribution is 2.19. The fraction of sp³-hybridized carbons (Fsp3) is 0.385. The van der Waals surface area contributed by atoms with E-state index in [0.717, 1.165) is 0 Å². The molecule has 2 rings (SSSR count). The van der Waals surface area contributed by atoms with Crippen molar-refractivity contribution >= 4 is 23.5 Å². The Balaban J connectivity index is 1.81. The van der Waals surface area contributed by atoms with E-state index in [0.29, 0.717) is 30.0 Å². The molecule has 1 aromatic carbocycles. The lowest BCUT2D eigenvalue weighted by molar-refractivity contribution is -0.149. The van der Waals surface area contributed by atoms with Crippen LogP contribution in [0.15, 0.2) is 24.3 Å². The summed E-state index contributed by atoms with van der Waals surface area (Å²) in [5.41, 5.74) is 0.511. The number of benzene rings is 1. The Morgan fingerprint density at radius 1 is 1.32 bits per heavy atom. The maximum atomic E-state index is 11.8. The van der Waals surface area contributed by atoms with Crippen LogP contribution in [-0.4, -0.2) is 35.7 Å². The molecule has 102 valence electrons. The summed E-state index contributed by atoms with van der Waals surface area (Å²) in [6, 6.07) is 6.55. The summed E-state index contributed by atoms with van der Waals surface area (Å²) < 4.78 is 5.29. The summed E-state index contributed by atoms with van der Waals surface area (Å²) in [6.45, 7) is 0.311. The molecule has 0 saturated carbocycles. The Labute approximate surface area is 115 Å². The highest BCUT2D eigenvalue weighted by Gasteiger charge is 2.30. The molecule has 0 aromatic heterocycles. The third-order valence-corrected chi connectivity index (χ3v) is 3.23. The van der Waals surface area contributed by atoms with Gasteiger partial charge in [-0.1, -0.05) is 11.6 Å². The summed E-state index contributed by atoms with van der Waals surface area (Å²) in [5, 5.41) is 12.1. The molecule has 1 fully saturated rings. The van der Waals surface area contributed by atoms with E-state index in [1.54, 1.807) is 24.3 Å². The molecule has 1 heterocycles. The minimum absolute atomic E-state index is 0.223. The molecule has 19 heavy (non-hydrogen) atoms. The summed E-state index contributed by atoms with van der Waals surface area (Å²) in [4.78, 5) is 22.5. The van der Waals surface area contributed by atoms with Crippen molar-refractivity contribution in [2.45, 2.75) is 25.0 Å². The Morgan fingerprint density at radius 3 is 2.58 bits per heavy atom. The van der Waals surface area contributed by atoms with E-state index in [1.807, 2.05) is 0 Å². The van der Waals surface area contributed by atoms with E-state index in [2.05, 4.69) is 5.32 Å². The largest absolute Gasteiger partial charge is 0.479 e. The number of carboxylic acid groups (broad SMARTS) is 1. The molecule has 1 amide bonds. The average Bonchev–Trinajstić information content (AvgIpc) is 2.86. The third-order valence-electron chi connectivity index (χ3n) is 2.98. The van der Waals surface area contributed by atoms with Crippen LogP contribution in [0.4, 0.5) is 0 Å². The van der Waals surface area contributed by atoms with Crippen LogP contribution in [0.5, 0.6) is 0 Å². The second-order valence-electron chi connectivity index (χ2n) is 4.38. The first-order valence-corrected chi connectivity index (χ1v) is 6.36. The Kier molecular flexibility index (Phi) is 4.39. The zero-order valence-corrected chi connectivity index (χ0v) is 10.9. The van der Waals surface area contributed by atoms with Gasteiger partial charge in [-0.25, -0.2) is 4.79 Å². The number of amides is 1. The van der Waals surface area contributed by atoms with Gasteiger partial charge in [0.2, 0.25) is 0 Å². The lowest BCUT2D eigenvalue weighted by Crippen LogP contribution is -2.33. The number of hydrogen-bond donors (Lipinski definition) is 2. The van der Waals surface area contributed by atoms with Gasteiger partial charge < -0.3 is 15.2 Å². The zero-order chi connectivity index (χ0) is 13.8. The Morgan fingerprint density at radius 2 is 2.00 bits per heavy atom. The number of aliphatic carboxylic acids is 1. The lowest BCUT2D eigenvalue weighted by atomic mass is 10.2. The zero-order valence-electron chi connectivity index (χ0n) is 10.1. The molecule has 2 unspecified atom stereocenters. The Hall–Kier alpha value is -1.59. The number of hydrogen-bond acceptors (Lipinski definition) is 3. The molecule has 1 aliphatic heterocycles. The maximum Gasteiger partial charge on any atom is 0.332 e. The van der Waals surface area contributed by atoms with E-state index in [9.17, 15) is 9.59 Å². The molecule has 0 radical (unpaired) electrons. The summed E-state index contributed by atoms with van der Waals surface area (Å²) in [5.74, 6) is -1.18. The topological polar surface area (TPSA) is 75.6 Å². The molecule has 0 aliphatic carbocycles. The lowest BCUT2D eigenvalue weighted by Gasteiger charge is -2.12. The predicted molar refractivity (Wildman–Crippen MR) is 69.3 cm³/mol. The maximum absolute atomic E-state index is 11.8. The fourth-order valence-corrected chi connectivity index (χ4v) is 2.07. The van der Waals surface area contributed by atoms with Gasteiger partial charge in [0.25, 0.3) is 5.91 Å². The van der Waals surface area contributed by atoms with Gasteiger partial charge in [0.05, 0.1) is 6.10 Å². The predicted octanol–water partition coefficient (Wildman–Crippen LogP) is 1.70. The van der Waals surface area contributed by atoms with Crippen molar-refractivity contribution in [1.82, 2.24) is 5.32 Å². The van der Waals surface area contributed by atoms with E-state index in [4.69, 9.17) is 21.4 Å². The number of halogens is 1. The highest BCUT2D eigenvalue weighted by atomic mass is 35.5. The number of carbonyl (C=O) groups excluding carboxylic acids is 1. The minimum Gasteiger partial charge on any atom is -0.479 e. The molecule has 1 saturated heterocycles. The van der Waals surface area contributed by atoms with Gasteiger partial charge in [0, 0.05) is 17.1 Å². The Bertz CT molecular complexity index is 474. The van der Waals surface area contributed by atoms with Crippen LogP contribution in [-0.2, 0) is 9.53 Å². The van der Waals surface area contributed by atoms with Gasteiger partial charge in [-0.2, -0.15) is 0 Å². The summed E-state index contributed by atoms with van der Waals surface area (Å²) >= 11 is 5.74. The van der Waals surface area contributed by atoms with E-state index < -0.39 is 12.1 Å². The third kappa shape index (κ3) is 3.68. The van der Waals surface area contributed by atoms with Crippen LogP contribution >= 0.6 is 11.6 Å². The van der Waals surface area contributed by atoms with Crippen LogP contribution in [0.1, 0.15) is 23.2 Å². The van der Waals surface area contributed by atoms with Crippen LogP contribution in [0, 0.1) is 0 Å². The smallest absolute Gasteiger partial charge is 0.332 e. The van der Waals surface area contributed by atoms with Crippen molar-refractivity contribution in [3.8, 4) is 0 Å². The number of rotatable bonds is 4. The van der Waals surface area contributed by atoms with Gasteiger partial charge in [-0.15, -0.1) is 0 Å². The number of carboxylic acids is 1. The van der Waals surface area contributed by atoms with Crippen molar-refractivity contribution in [1.29, 1.82) is 0 Å². The first kappa shape index (κ1) is 13.8. The number of nitrogens with one attached hydrogen (secondary N) is 1. The molecule has 6 heteroatoms. The van der Waals surface area contributed by atoms with Gasteiger partial charge >= 0.3 is 5.97 Å². The highest BCUT2D eigenvalue weighted by molar-refractivity contribution is 6.30.